The lowest BCUT2D eigenvalue weighted by molar-refractivity contribution is -0.192. The number of nitrogens with zero attached hydrogens (tertiary/aromatic N) is 1. The first kappa shape index (κ1) is 34.7. The number of methoxy groups -OCH3 is 2. The predicted molar refractivity (Wildman–Crippen MR) is 146 cm³/mol. The Balaban J connectivity index is 0.000000676. The van der Waals surface area contributed by atoms with Crippen LogP contribution in [-0.2, 0) is 16.4 Å². The smallest absolute Gasteiger partial charge is 0.490 e. The van der Waals surface area contributed by atoms with Gasteiger partial charge >= 0.3 is 24.4 Å². The van der Waals surface area contributed by atoms with Crippen LogP contribution in [0, 0.1) is 5.82 Å². The monoisotopic (exact) mass is 637 g/mol. The predicted octanol–water partition coefficient (Wildman–Crippen LogP) is 6.59. The van der Waals surface area contributed by atoms with Gasteiger partial charge in [-0.05, 0) is 82.0 Å². The fraction of sp³-hybridized carbons (Fsp3) is 0.517. The zero-order valence-electron chi connectivity index (χ0n) is 24.4. The van der Waals surface area contributed by atoms with E-state index in [1.165, 1.54) is 0 Å². The summed E-state index contributed by atoms with van der Waals surface area (Å²) >= 11 is 0. The van der Waals surface area contributed by atoms with Gasteiger partial charge in [-0.1, -0.05) is 6.07 Å². The number of hydrogen-bond acceptors (Lipinski definition) is 5. The molecule has 1 aliphatic carbocycles. The molecule has 0 unspecified atom stereocenters. The summed E-state index contributed by atoms with van der Waals surface area (Å²) in [6.07, 6.45) is -6.63. The molecule has 1 aliphatic heterocycles. The van der Waals surface area contributed by atoms with E-state index in [0.29, 0.717) is 48.6 Å². The Bertz CT molecular complexity index is 1340. The summed E-state index contributed by atoms with van der Waals surface area (Å²) in [7, 11) is 3.21. The van der Waals surface area contributed by atoms with Crippen molar-refractivity contribution in [1.82, 2.24) is 10.2 Å². The number of halogens is 7. The van der Waals surface area contributed by atoms with Crippen LogP contribution in [0.3, 0.4) is 0 Å². The van der Waals surface area contributed by atoms with Crippen molar-refractivity contribution in [2.45, 2.75) is 75.4 Å². The van der Waals surface area contributed by atoms with Gasteiger partial charge in [-0.25, -0.2) is 14.0 Å². The van der Waals surface area contributed by atoms with Gasteiger partial charge in [0.05, 0.1) is 25.5 Å². The van der Waals surface area contributed by atoms with Crippen molar-refractivity contribution >= 4 is 17.7 Å². The van der Waals surface area contributed by atoms with Crippen LogP contribution in [0.4, 0.5) is 41.2 Å². The van der Waals surface area contributed by atoms with Gasteiger partial charge in [-0.2, -0.15) is 26.3 Å². The Morgan fingerprint density at radius 3 is 2.18 bits per heavy atom. The van der Waals surface area contributed by atoms with Gasteiger partial charge in [0.25, 0.3) is 0 Å². The number of likely N-dealkylation sites (tertiary alicyclic amines) is 1. The molecule has 2 aromatic rings. The van der Waals surface area contributed by atoms with Crippen molar-refractivity contribution in [3.63, 3.8) is 0 Å². The van der Waals surface area contributed by atoms with Gasteiger partial charge in [0, 0.05) is 23.5 Å². The molecule has 15 heteroatoms. The zero-order valence-corrected chi connectivity index (χ0v) is 24.4. The van der Waals surface area contributed by atoms with Crippen LogP contribution in [-0.4, -0.2) is 67.1 Å². The van der Waals surface area contributed by atoms with Gasteiger partial charge in [0.2, 0.25) is 0 Å². The van der Waals surface area contributed by atoms with Crippen molar-refractivity contribution in [3.8, 4) is 11.5 Å². The van der Waals surface area contributed by atoms with Crippen LogP contribution in [0.1, 0.15) is 50.7 Å². The van der Waals surface area contributed by atoms with Gasteiger partial charge in [0.15, 0.2) is 11.5 Å². The van der Waals surface area contributed by atoms with Crippen LogP contribution in [0.25, 0.3) is 0 Å². The maximum atomic E-state index is 14.1. The van der Waals surface area contributed by atoms with Crippen LogP contribution in [0.15, 0.2) is 36.4 Å². The molecule has 2 aliphatic rings. The van der Waals surface area contributed by atoms with Crippen LogP contribution in [0.5, 0.6) is 11.5 Å². The molecule has 4 rings (SSSR count). The van der Waals surface area contributed by atoms with E-state index >= 15 is 0 Å². The summed E-state index contributed by atoms with van der Waals surface area (Å²) in [6.45, 7) is 5.20. The third-order valence-electron chi connectivity index (χ3n) is 8.04. The normalized spacial score (nSPS) is 22.0. The van der Waals surface area contributed by atoms with Crippen molar-refractivity contribution in [2.24, 2.45) is 0 Å². The standard InChI is InChI=1S/C27H33F4N3O3.C2HF3O2/c1-16(2)34-12-11-26(17-6-8-22(36-3)23(14-17)37-4)10-9-19(15-24(26)34)32-25(35)33-21-13-18(27(29,30)31)5-7-20(21)28;3-2(4,5)1(6)7/h5-8,13-14,16,19,24H,9-12,15H2,1-4H3,(H2,32,33,35);(H,6,7)/t19-,24+,26+;/m1./s1. The Hall–Kier alpha value is -3.75. The highest BCUT2D eigenvalue weighted by Gasteiger charge is 2.52. The zero-order chi connectivity index (χ0) is 33.0. The van der Waals surface area contributed by atoms with Crippen molar-refractivity contribution in [1.29, 1.82) is 0 Å². The molecule has 2 fully saturated rings. The molecule has 3 atom stereocenters. The molecule has 3 N–H and O–H groups in total. The van der Waals surface area contributed by atoms with Gasteiger partial charge in [0.1, 0.15) is 5.82 Å². The van der Waals surface area contributed by atoms with E-state index in [4.69, 9.17) is 19.4 Å². The van der Waals surface area contributed by atoms with Gasteiger partial charge < -0.3 is 25.2 Å². The molecule has 0 radical (unpaired) electrons. The lowest BCUT2D eigenvalue weighted by Gasteiger charge is -2.46. The number of benzene rings is 2. The van der Waals surface area contributed by atoms with E-state index in [2.05, 4.69) is 35.4 Å². The molecular formula is C29H34F7N3O5. The molecule has 2 aromatic carbocycles. The highest BCUT2D eigenvalue weighted by Crippen LogP contribution is 2.51. The largest absolute Gasteiger partial charge is 0.493 e. The summed E-state index contributed by atoms with van der Waals surface area (Å²) in [5.41, 5.74) is -0.508. The molecule has 0 spiro atoms. The maximum Gasteiger partial charge on any atom is 0.490 e. The molecule has 2 amide bonds. The third kappa shape index (κ3) is 7.85. The summed E-state index contributed by atoms with van der Waals surface area (Å²) in [6, 6.07) is 7.47. The fourth-order valence-corrected chi connectivity index (χ4v) is 5.96. The number of carbonyl (C=O) groups excluding carboxylic acids is 1. The molecule has 244 valence electrons. The highest BCUT2D eigenvalue weighted by atomic mass is 19.4. The van der Waals surface area contributed by atoms with Gasteiger partial charge in [-0.15, -0.1) is 0 Å². The van der Waals surface area contributed by atoms with Crippen LogP contribution >= 0.6 is 0 Å². The van der Waals surface area contributed by atoms with E-state index in [1.54, 1.807) is 14.2 Å². The number of fused-ring (bicyclic) bond motifs is 1. The number of anilines is 1. The SMILES string of the molecule is COc1ccc([C@@]23CC[C@@H](NC(=O)Nc4cc(C(F)(F)F)ccc4F)C[C@@H]2N(C(C)C)CC3)cc1OC.O=C(O)C(F)(F)F. The second-order valence-electron chi connectivity index (χ2n) is 10.9. The quantitative estimate of drug-likeness (QED) is 0.309. The van der Waals surface area contributed by atoms with Crippen LogP contribution < -0.4 is 20.1 Å². The molecular weight excluding hydrogens is 603 g/mol. The minimum atomic E-state index is -5.08. The summed E-state index contributed by atoms with van der Waals surface area (Å²) in [4.78, 5) is 24.0. The lowest BCUT2D eigenvalue weighted by atomic mass is 9.65. The number of ether oxygens (including phenoxy) is 2. The Kier molecular flexibility index (Phi) is 10.6. The summed E-state index contributed by atoms with van der Waals surface area (Å²) in [5, 5.41) is 12.3. The maximum absolute atomic E-state index is 14.1. The number of amides is 2. The highest BCUT2D eigenvalue weighted by molar-refractivity contribution is 5.89. The third-order valence-corrected chi connectivity index (χ3v) is 8.04. The number of urea groups is 1. The number of carbonyl (C=O) groups is 2. The van der Waals surface area contributed by atoms with Crippen molar-refractivity contribution in [2.75, 3.05) is 26.1 Å². The van der Waals surface area contributed by atoms with E-state index in [9.17, 15) is 35.5 Å². The molecule has 1 saturated heterocycles. The van der Waals surface area contributed by atoms with Crippen molar-refractivity contribution < 1.29 is 54.9 Å². The second kappa shape index (κ2) is 13.5. The molecule has 8 nitrogen and oxygen atoms in total. The van der Waals surface area contributed by atoms with E-state index in [-0.39, 0.29) is 17.5 Å². The van der Waals surface area contributed by atoms with E-state index in [1.807, 2.05) is 12.1 Å². The number of aliphatic carboxylic acids is 1. The lowest BCUT2D eigenvalue weighted by Crippen LogP contribution is -2.54. The molecule has 1 heterocycles. The van der Waals surface area contributed by atoms with Gasteiger partial charge in [-0.3, -0.25) is 4.90 Å². The second-order valence-corrected chi connectivity index (χ2v) is 10.9. The average molecular weight is 638 g/mol. The molecule has 44 heavy (non-hydrogen) atoms. The Morgan fingerprint density at radius 2 is 1.64 bits per heavy atom. The summed E-state index contributed by atoms with van der Waals surface area (Å²) < 4.78 is 95.9. The fourth-order valence-electron chi connectivity index (χ4n) is 5.96. The number of nitrogens with one attached hydrogen (secondary N) is 2. The minimum Gasteiger partial charge on any atom is -0.493 e. The molecule has 0 aromatic heterocycles. The first-order valence-corrected chi connectivity index (χ1v) is 13.7. The number of alkyl halides is 6. The van der Waals surface area contributed by atoms with E-state index in [0.717, 1.165) is 24.9 Å². The van der Waals surface area contributed by atoms with E-state index < -0.39 is 41.4 Å². The van der Waals surface area contributed by atoms with Crippen molar-refractivity contribution in [3.05, 3.63) is 53.3 Å². The first-order chi connectivity index (χ1) is 20.4. The number of rotatable bonds is 6. The Labute approximate surface area is 249 Å². The number of hydrogen-bond donors (Lipinski definition) is 3. The summed E-state index contributed by atoms with van der Waals surface area (Å²) in [5.74, 6) is -2.36. The minimum absolute atomic E-state index is 0.133. The van der Waals surface area contributed by atoms with Crippen LogP contribution in [0.2, 0.25) is 0 Å². The topological polar surface area (TPSA) is 100 Å². The molecule has 0 bridgehead atoms. The number of carboxylic acids is 1. The Morgan fingerprint density at radius 1 is 1.00 bits per heavy atom. The average Bonchev–Trinajstić information content (AvgIpc) is 3.33. The first-order valence-electron chi connectivity index (χ1n) is 13.7. The number of carboxylic acid groups (broad SMARTS) is 1. The molecule has 1 saturated carbocycles.